The van der Waals surface area contributed by atoms with Crippen molar-refractivity contribution >= 4 is 37.4 Å². The van der Waals surface area contributed by atoms with Gasteiger partial charge in [-0.05, 0) is 39.2 Å². The van der Waals surface area contributed by atoms with Gasteiger partial charge in [-0.3, -0.25) is 4.79 Å². The molecule has 0 amide bonds. The maximum Gasteiger partial charge on any atom is 0.491 e. The van der Waals surface area contributed by atoms with Gasteiger partial charge >= 0.3 is 7.12 Å². The maximum absolute atomic E-state index is 11.8. The minimum Gasteiger partial charge on any atom is -0.400 e. The van der Waals surface area contributed by atoms with Crippen LogP contribution in [0.3, 0.4) is 0 Å². The van der Waals surface area contributed by atoms with Crippen LogP contribution in [0.1, 0.15) is 33.3 Å². The number of nitrogens with one attached hydrogen (secondary N) is 1. The fourth-order valence-corrected chi connectivity index (χ4v) is 2.38. The van der Waals surface area contributed by atoms with E-state index < -0.39 is 18.3 Å². The van der Waals surface area contributed by atoms with E-state index in [2.05, 4.69) is 17.6 Å². The van der Waals surface area contributed by atoms with Gasteiger partial charge in [0, 0.05) is 17.5 Å². The van der Waals surface area contributed by atoms with Gasteiger partial charge in [0.25, 0.3) is 5.56 Å². The summed E-state index contributed by atoms with van der Waals surface area (Å²) in [4.78, 5) is 14.4. The smallest absolute Gasteiger partial charge is 0.400 e. The Bertz CT molecular complexity index is 611. The molecule has 1 aromatic heterocycles. The van der Waals surface area contributed by atoms with Gasteiger partial charge in [0.05, 0.1) is 16.2 Å². The number of hydrogen-bond acceptors (Lipinski definition) is 4. The number of pyridine rings is 1. The van der Waals surface area contributed by atoms with E-state index in [9.17, 15) is 4.79 Å². The first-order valence-corrected chi connectivity index (χ1v) is 7.72. The summed E-state index contributed by atoms with van der Waals surface area (Å²) in [6, 6.07) is 1.61. The van der Waals surface area contributed by atoms with Gasteiger partial charge in [-0.2, -0.15) is 12.6 Å². The highest BCUT2D eigenvalue weighted by Crippen LogP contribution is 2.38. The monoisotopic (exact) mass is 327 g/mol. The molecule has 7 heteroatoms. The summed E-state index contributed by atoms with van der Waals surface area (Å²) >= 11 is 10.2. The van der Waals surface area contributed by atoms with Crippen molar-refractivity contribution in [3.05, 3.63) is 38.7 Å². The molecule has 1 aromatic rings. The Morgan fingerprint density at radius 1 is 1.38 bits per heavy atom. The maximum atomic E-state index is 11.8. The Morgan fingerprint density at radius 3 is 2.48 bits per heavy atom. The van der Waals surface area contributed by atoms with Crippen molar-refractivity contribution in [2.24, 2.45) is 0 Å². The lowest BCUT2D eigenvalue weighted by Gasteiger charge is -2.32. The van der Waals surface area contributed by atoms with Crippen molar-refractivity contribution < 1.29 is 9.31 Å². The Balaban J connectivity index is 2.35. The standard InChI is InChI=1S/C14H19BClNO3S/c1-13(2)14(3,4)20-15(19-13)10(8-21)5-9-6-11(16)7-17-12(9)18/h5-7,21H,8H2,1-4H3,(H,17,18). The van der Waals surface area contributed by atoms with Crippen molar-refractivity contribution in [2.45, 2.75) is 38.9 Å². The highest BCUT2D eigenvalue weighted by Gasteiger charge is 2.52. The van der Waals surface area contributed by atoms with Crippen molar-refractivity contribution in [3.8, 4) is 0 Å². The first-order valence-electron chi connectivity index (χ1n) is 6.71. The summed E-state index contributed by atoms with van der Waals surface area (Å²) in [5, 5.41) is 0.466. The molecule has 0 saturated carbocycles. The predicted molar refractivity (Wildman–Crippen MR) is 90.0 cm³/mol. The molecule has 1 fully saturated rings. The van der Waals surface area contributed by atoms with Gasteiger partial charge < -0.3 is 14.3 Å². The van der Waals surface area contributed by atoms with Crippen LogP contribution in [-0.2, 0) is 9.31 Å². The molecule has 1 N–H and O–H groups in total. The summed E-state index contributed by atoms with van der Waals surface area (Å²) in [5.74, 6) is 0.419. The molecule has 114 valence electrons. The van der Waals surface area contributed by atoms with Crippen LogP contribution in [0.15, 0.2) is 22.5 Å². The van der Waals surface area contributed by atoms with Gasteiger partial charge in [0.1, 0.15) is 0 Å². The fraction of sp³-hybridized carbons (Fsp3) is 0.500. The van der Waals surface area contributed by atoms with E-state index >= 15 is 0 Å². The van der Waals surface area contributed by atoms with Crippen LogP contribution in [0.4, 0.5) is 0 Å². The molecule has 0 radical (unpaired) electrons. The Hall–Kier alpha value is -0.685. The van der Waals surface area contributed by atoms with E-state index in [0.717, 1.165) is 5.47 Å². The topological polar surface area (TPSA) is 51.3 Å². The van der Waals surface area contributed by atoms with E-state index in [1.807, 2.05) is 27.7 Å². The number of thiol groups is 1. The largest absolute Gasteiger partial charge is 0.491 e. The molecular formula is C14H19BClNO3S. The molecule has 1 saturated heterocycles. The molecule has 0 aliphatic carbocycles. The molecule has 0 atom stereocenters. The molecule has 21 heavy (non-hydrogen) atoms. The second-order valence-electron chi connectivity index (χ2n) is 6.07. The molecule has 0 bridgehead atoms. The van der Waals surface area contributed by atoms with Crippen molar-refractivity contribution in [2.75, 3.05) is 5.75 Å². The lowest BCUT2D eigenvalue weighted by Crippen LogP contribution is -2.41. The Morgan fingerprint density at radius 2 is 1.95 bits per heavy atom. The van der Waals surface area contributed by atoms with Crippen LogP contribution in [0.5, 0.6) is 0 Å². The fourth-order valence-electron chi connectivity index (χ4n) is 1.96. The lowest BCUT2D eigenvalue weighted by molar-refractivity contribution is 0.00578. The Kier molecular flexibility index (Phi) is 4.64. The van der Waals surface area contributed by atoms with E-state index in [1.54, 1.807) is 12.1 Å². The number of H-pyrrole nitrogens is 1. The summed E-state index contributed by atoms with van der Waals surface area (Å²) in [7, 11) is -0.522. The van der Waals surface area contributed by atoms with Crippen molar-refractivity contribution in [1.82, 2.24) is 4.98 Å². The number of rotatable bonds is 3. The quantitative estimate of drug-likeness (QED) is 0.663. The number of aromatic nitrogens is 1. The first kappa shape index (κ1) is 16.7. The van der Waals surface area contributed by atoms with Crippen molar-refractivity contribution in [1.29, 1.82) is 0 Å². The third kappa shape index (κ3) is 3.39. The molecule has 0 unspecified atom stereocenters. The summed E-state index contributed by atoms with van der Waals surface area (Å²) in [5.41, 5.74) is 0.169. The number of hydrogen-bond donors (Lipinski definition) is 2. The average Bonchev–Trinajstić information content (AvgIpc) is 2.59. The normalized spacial score (nSPS) is 20.9. The zero-order valence-corrected chi connectivity index (χ0v) is 14.2. The number of aromatic amines is 1. The number of halogens is 1. The zero-order valence-electron chi connectivity index (χ0n) is 12.6. The average molecular weight is 328 g/mol. The summed E-state index contributed by atoms with van der Waals surface area (Å²) in [6.07, 6.45) is 3.18. The van der Waals surface area contributed by atoms with E-state index in [-0.39, 0.29) is 5.56 Å². The Labute approximate surface area is 135 Å². The molecule has 4 nitrogen and oxygen atoms in total. The molecule has 0 aromatic carbocycles. The third-order valence-corrected chi connectivity index (χ3v) is 4.56. The van der Waals surface area contributed by atoms with Gasteiger partial charge in [0.2, 0.25) is 0 Å². The molecule has 1 aliphatic heterocycles. The van der Waals surface area contributed by atoms with Gasteiger partial charge in [0.15, 0.2) is 0 Å². The SMILES string of the molecule is CC1(C)OB(C(=Cc2cc(Cl)c[nH]c2=O)CS)OC1(C)C. The predicted octanol–water partition coefficient (Wildman–Crippen LogP) is 2.97. The van der Waals surface area contributed by atoms with Gasteiger partial charge in [-0.25, -0.2) is 0 Å². The van der Waals surface area contributed by atoms with E-state index in [4.69, 9.17) is 20.9 Å². The molecule has 2 rings (SSSR count). The van der Waals surface area contributed by atoms with E-state index in [0.29, 0.717) is 16.3 Å². The molecule has 0 spiro atoms. The van der Waals surface area contributed by atoms with Crippen LogP contribution in [0.2, 0.25) is 5.02 Å². The third-order valence-electron chi connectivity index (χ3n) is 3.98. The highest BCUT2D eigenvalue weighted by molar-refractivity contribution is 7.80. The summed E-state index contributed by atoms with van der Waals surface area (Å²) < 4.78 is 11.9. The van der Waals surface area contributed by atoms with Crippen LogP contribution in [-0.4, -0.2) is 29.1 Å². The first-order chi connectivity index (χ1) is 9.66. The lowest BCUT2D eigenvalue weighted by atomic mass is 9.78. The van der Waals surface area contributed by atoms with Gasteiger partial charge in [-0.1, -0.05) is 17.7 Å². The second-order valence-corrected chi connectivity index (χ2v) is 6.82. The summed E-state index contributed by atoms with van der Waals surface area (Å²) in [6.45, 7) is 7.93. The molecular weight excluding hydrogens is 308 g/mol. The molecule has 1 aliphatic rings. The molecule has 2 heterocycles. The van der Waals surface area contributed by atoms with Crippen LogP contribution in [0.25, 0.3) is 6.08 Å². The van der Waals surface area contributed by atoms with Crippen LogP contribution in [0, 0.1) is 0 Å². The minimum atomic E-state index is -0.522. The zero-order chi connectivity index (χ0) is 15.8. The second kappa shape index (κ2) is 5.84. The van der Waals surface area contributed by atoms with Crippen LogP contribution < -0.4 is 5.56 Å². The minimum absolute atomic E-state index is 0.213. The van der Waals surface area contributed by atoms with E-state index in [1.165, 1.54) is 6.20 Å². The van der Waals surface area contributed by atoms with Crippen LogP contribution >= 0.6 is 24.2 Å². The highest BCUT2D eigenvalue weighted by atomic mass is 35.5. The van der Waals surface area contributed by atoms with Crippen molar-refractivity contribution in [3.63, 3.8) is 0 Å². The van der Waals surface area contributed by atoms with Gasteiger partial charge in [-0.15, -0.1) is 0 Å².